The summed E-state index contributed by atoms with van der Waals surface area (Å²) in [5.74, 6) is 0.607. The summed E-state index contributed by atoms with van der Waals surface area (Å²) in [6, 6.07) is 5.13. The molecule has 1 aromatic heterocycles. The van der Waals surface area contributed by atoms with Gasteiger partial charge in [-0.2, -0.15) is 0 Å². The lowest BCUT2D eigenvalue weighted by molar-refractivity contribution is 0.0960. The summed E-state index contributed by atoms with van der Waals surface area (Å²) in [4.78, 5) is 16.8. The average Bonchev–Trinajstić information content (AvgIpc) is 2.67. The molecule has 0 spiro atoms. The summed E-state index contributed by atoms with van der Waals surface area (Å²) < 4.78 is 5.51. The number of amides is 1. The molecule has 0 aliphatic rings. The molecular formula is C13H15N3O2S. The lowest BCUT2D eigenvalue weighted by Crippen LogP contribution is -2.18. The maximum absolute atomic E-state index is 11.8. The molecule has 0 atom stereocenters. The molecule has 0 aliphatic carbocycles. The largest absolute Gasteiger partial charge is 0.436 e. The first-order valence-electron chi connectivity index (χ1n) is 5.74. The summed E-state index contributed by atoms with van der Waals surface area (Å²) in [6.45, 7) is 3.73. The highest BCUT2D eigenvalue weighted by Crippen LogP contribution is 2.32. The maximum atomic E-state index is 11.8. The normalized spacial score (nSPS) is 10.5. The molecule has 2 aromatic rings. The summed E-state index contributed by atoms with van der Waals surface area (Å²) in [5.41, 5.74) is 7.75. The molecule has 1 amide bonds. The number of carbonyl (C=O) groups is 1. The SMILES string of the molecule is CNC(=O)c1ccc(N)cc1Sc1nc(C)c(C)o1. The van der Waals surface area contributed by atoms with Crippen molar-refractivity contribution in [3.8, 4) is 0 Å². The Kier molecular flexibility index (Phi) is 3.80. The number of nitrogens with one attached hydrogen (secondary N) is 1. The first-order chi connectivity index (χ1) is 9.01. The number of nitrogens with zero attached hydrogens (tertiary/aromatic N) is 1. The predicted molar refractivity (Wildman–Crippen MR) is 74.3 cm³/mol. The third kappa shape index (κ3) is 2.90. The van der Waals surface area contributed by atoms with E-state index in [1.807, 2.05) is 13.8 Å². The van der Waals surface area contributed by atoms with E-state index in [4.69, 9.17) is 10.2 Å². The van der Waals surface area contributed by atoms with Gasteiger partial charge in [-0.1, -0.05) is 0 Å². The highest BCUT2D eigenvalue weighted by molar-refractivity contribution is 7.99. The second-order valence-electron chi connectivity index (χ2n) is 4.06. The minimum atomic E-state index is -0.164. The molecule has 1 heterocycles. The van der Waals surface area contributed by atoms with Gasteiger partial charge in [-0.25, -0.2) is 4.98 Å². The van der Waals surface area contributed by atoms with Crippen molar-refractivity contribution in [1.29, 1.82) is 0 Å². The number of hydrogen-bond donors (Lipinski definition) is 2. The fourth-order valence-corrected chi connectivity index (χ4v) is 2.53. The number of benzene rings is 1. The Hall–Kier alpha value is -1.95. The van der Waals surface area contributed by atoms with Crippen LogP contribution < -0.4 is 11.1 Å². The Balaban J connectivity index is 2.37. The van der Waals surface area contributed by atoms with Gasteiger partial charge in [-0.05, 0) is 43.8 Å². The van der Waals surface area contributed by atoms with Crippen LogP contribution in [0.3, 0.4) is 0 Å². The molecule has 0 radical (unpaired) electrons. The molecule has 3 N–H and O–H groups in total. The number of hydrogen-bond acceptors (Lipinski definition) is 5. The van der Waals surface area contributed by atoms with Crippen LogP contribution in [-0.4, -0.2) is 17.9 Å². The molecule has 100 valence electrons. The quantitative estimate of drug-likeness (QED) is 0.842. The van der Waals surface area contributed by atoms with Crippen LogP contribution in [0.1, 0.15) is 21.8 Å². The summed E-state index contributed by atoms with van der Waals surface area (Å²) in [6.07, 6.45) is 0. The van der Waals surface area contributed by atoms with Gasteiger partial charge >= 0.3 is 0 Å². The van der Waals surface area contributed by atoms with Gasteiger partial charge in [0.2, 0.25) is 0 Å². The number of oxazole rings is 1. The highest BCUT2D eigenvalue weighted by atomic mass is 32.2. The van der Waals surface area contributed by atoms with E-state index >= 15 is 0 Å². The van der Waals surface area contributed by atoms with Crippen molar-refractivity contribution in [2.45, 2.75) is 24.0 Å². The standard InChI is InChI=1S/C13H15N3O2S/c1-7-8(2)18-13(16-7)19-11-6-9(14)4-5-10(11)12(17)15-3/h4-6H,14H2,1-3H3,(H,15,17). The summed E-state index contributed by atoms with van der Waals surface area (Å²) in [5, 5.41) is 3.10. The third-order valence-corrected chi connectivity index (χ3v) is 3.59. The molecule has 5 nitrogen and oxygen atoms in total. The lowest BCUT2D eigenvalue weighted by Gasteiger charge is -2.07. The molecule has 0 bridgehead atoms. The van der Waals surface area contributed by atoms with E-state index in [9.17, 15) is 4.79 Å². The van der Waals surface area contributed by atoms with Crippen molar-refractivity contribution in [2.75, 3.05) is 12.8 Å². The smallest absolute Gasteiger partial charge is 0.261 e. The van der Waals surface area contributed by atoms with Crippen molar-refractivity contribution >= 4 is 23.4 Å². The van der Waals surface area contributed by atoms with Crippen molar-refractivity contribution in [3.05, 3.63) is 35.2 Å². The van der Waals surface area contributed by atoms with Crippen LogP contribution in [0.25, 0.3) is 0 Å². The second kappa shape index (κ2) is 5.36. The van der Waals surface area contributed by atoms with Crippen molar-refractivity contribution in [2.24, 2.45) is 0 Å². The first-order valence-corrected chi connectivity index (χ1v) is 6.56. The average molecular weight is 277 g/mol. The van der Waals surface area contributed by atoms with Gasteiger partial charge in [0, 0.05) is 17.6 Å². The molecule has 6 heteroatoms. The molecule has 0 unspecified atom stereocenters. The van der Waals surface area contributed by atoms with Gasteiger partial charge in [0.1, 0.15) is 5.76 Å². The zero-order chi connectivity index (χ0) is 14.0. The zero-order valence-electron chi connectivity index (χ0n) is 11.0. The highest BCUT2D eigenvalue weighted by Gasteiger charge is 2.15. The van der Waals surface area contributed by atoms with Crippen LogP contribution >= 0.6 is 11.8 Å². The Morgan fingerprint density at radius 1 is 1.42 bits per heavy atom. The molecule has 0 saturated heterocycles. The zero-order valence-corrected chi connectivity index (χ0v) is 11.8. The lowest BCUT2D eigenvalue weighted by atomic mass is 10.2. The minimum Gasteiger partial charge on any atom is -0.436 e. The predicted octanol–water partition coefficient (Wildman–Crippen LogP) is 2.38. The van der Waals surface area contributed by atoms with Gasteiger partial charge in [0.25, 0.3) is 11.1 Å². The van der Waals surface area contributed by atoms with Gasteiger partial charge in [0.05, 0.1) is 11.3 Å². The number of carbonyl (C=O) groups excluding carboxylic acids is 1. The van der Waals surface area contributed by atoms with E-state index in [0.717, 1.165) is 16.3 Å². The van der Waals surface area contributed by atoms with E-state index in [0.29, 0.717) is 16.5 Å². The van der Waals surface area contributed by atoms with Crippen molar-refractivity contribution in [3.63, 3.8) is 0 Å². The van der Waals surface area contributed by atoms with Crippen LogP contribution in [0.4, 0.5) is 5.69 Å². The van der Waals surface area contributed by atoms with Gasteiger partial charge in [0.15, 0.2) is 0 Å². The summed E-state index contributed by atoms with van der Waals surface area (Å²) >= 11 is 1.29. The van der Waals surface area contributed by atoms with E-state index in [-0.39, 0.29) is 5.91 Å². The topological polar surface area (TPSA) is 81.2 Å². The summed E-state index contributed by atoms with van der Waals surface area (Å²) in [7, 11) is 1.59. The molecule has 0 fully saturated rings. The van der Waals surface area contributed by atoms with Crippen molar-refractivity contribution in [1.82, 2.24) is 10.3 Å². The van der Waals surface area contributed by atoms with E-state index in [1.165, 1.54) is 11.8 Å². The van der Waals surface area contributed by atoms with Crippen LogP contribution in [0.2, 0.25) is 0 Å². The van der Waals surface area contributed by atoms with E-state index < -0.39 is 0 Å². The Bertz CT molecular complexity index is 603. The Labute approximate surface area is 115 Å². The molecule has 0 aliphatic heterocycles. The monoisotopic (exact) mass is 277 g/mol. The Morgan fingerprint density at radius 3 is 2.74 bits per heavy atom. The number of nitrogen functional groups attached to an aromatic ring is 1. The van der Waals surface area contributed by atoms with Crippen LogP contribution in [0.15, 0.2) is 32.7 Å². The first kappa shape index (κ1) is 13.5. The van der Waals surface area contributed by atoms with Crippen LogP contribution in [0.5, 0.6) is 0 Å². The number of rotatable bonds is 3. The third-order valence-electron chi connectivity index (χ3n) is 2.68. The van der Waals surface area contributed by atoms with Gasteiger partial charge in [-0.15, -0.1) is 0 Å². The number of anilines is 1. The fourth-order valence-electron chi connectivity index (χ4n) is 1.53. The van der Waals surface area contributed by atoms with Gasteiger partial charge in [-0.3, -0.25) is 4.79 Å². The molecule has 19 heavy (non-hydrogen) atoms. The molecular weight excluding hydrogens is 262 g/mol. The maximum Gasteiger partial charge on any atom is 0.261 e. The van der Waals surface area contributed by atoms with Crippen LogP contribution in [0, 0.1) is 13.8 Å². The number of nitrogens with two attached hydrogens (primary N) is 1. The molecule has 1 aromatic carbocycles. The van der Waals surface area contributed by atoms with E-state index in [2.05, 4.69) is 10.3 Å². The van der Waals surface area contributed by atoms with Crippen LogP contribution in [-0.2, 0) is 0 Å². The fraction of sp³-hybridized carbons (Fsp3) is 0.231. The number of aromatic nitrogens is 1. The molecule has 0 saturated carbocycles. The Morgan fingerprint density at radius 2 is 2.16 bits per heavy atom. The number of aryl methyl sites for hydroxylation is 2. The molecule has 2 rings (SSSR count). The van der Waals surface area contributed by atoms with Crippen molar-refractivity contribution < 1.29 is 9.21 Å². The second-order valence-corrected chi connectivity index (χ2v) is 5.05. The van der Waals surface area contributed by atoms with Gasteiger partial charge < -0.3 is 15.5 Å². The minimum absolute atomic E-state index is 0.164. The van der Waals surface area contributed by atoms with E-state index in [1.54, 1.807) is 25.2 Å².